The zero-order valence-electron chi connectivity index (χ0n) is 12.5. The number of amides is 1. The van der Waals surface area contributed by atoms with E-state index in [1.54, 1.807) is 7.05 Å². The fraction of sp³-hybridized carbons (Fsp3) is 0.800. The van der Waals surface area contributed by atoms with Crippen molar-refractivity contribution in [2.45, 2.75) is 40.5 Å². The fourth-order valence-electron chi connectivity index (χ4n) is 2.70. The van der Waals surface area contributed by atoms with E-state index in [0.29, 0.717) is 5.92 Å². The molecule has 0 bridgehead atoms. The number of hydrogen-bond acceptors (Lipinski definition) is 2. The van der Waals surface area contributed by atoms with Crippen molar-refractivity contribution < 1.29 is 4.79 Å². The average Bonchev–Trinajstić information content (AvgIpc) is 2.31. The third-order valence-corrected chi connectivity index (χ3v) is 4.13. The van der Waals surface area contributed by atoms with Crippen LogP contribution < -0.4 is 10.6 Å². The van der Waals surface area contributed by atoms with Crippen LogP contribution in [0.25, 0.3) is 0 Å². The number of allylic oxidation sites excluding steroid dienone is 1. The van der Waals surface area contributed by atoms with E-state index in [1.807, 2.05) is 13.8 Å². The molecule has 0 saturated carbocycles. The van der Waals surface area contributed by atoms with E-state index in [2.05, 4.69) is 30.6 Å². The van der Waals surface area contributed by atoms with Gasteiger partial charge >= 0.3 is 0 Å². The van der Waals surface area contributed by atoms with Crippen molar-refractivity contribution in [3.05, 3.63) is 11.6 Å². The Balaban J connectivity index is 2.44. The Bertz CT molecular complexity index is 320. The minimum absolute atomic E-state index is 0.0963. The van der Waals surface area contributed by atoms with Gasteiger partial charge in [0, 0.05) is 20.1 Å². The predicted molar refractivity (Wildman–Crippen MR) is 76.4 cm³/mol. The van der Waals surface area contributed by atoms with E-state index < -0.39 is 0 Å². The van der Waals surface area contributed by atoms with E-state index in [4.69, 9.17) is 0 Å². The van der Waals surface area contributed by atoms with Crippen molar-refractivity contribution in [3.63, 3.8) is 0 Å². The maximum absolute atomic E-state index is 11.7. The van der Waals surface area contributed by atoms with E-state index in [0.717, 1.165) is 19.0 Å². The van der Waals surface area contributed by atoms with Crippen LogP contribution in [-0.2, 0) is 4.79 Å². The lowest BCUT2D eigenvalue weighted by atomic mass is 9.80. The van der Waals surface area contributed by atoms with Crippen LogP contribution in [-0.4, -0.2) is 26.0 Å². The van der Waals surface area contributed by atoms with Crippen LogP contribution in [0.15, 0.2) is 11.6 Å². The quantitative estimate of drug-likeness (QED) is 0.737. The highest BCUT2D eigenvalue weighted by Gasteiger charge is 2.27. The van der Waals surface area contributed by atoms with Crippen LogP contribution in [0.4, 0.5) is 0 Å². The minimum atomic E-state index is -0.343. The number of rotatable bonds is 5. The molecule has 1 aliphatic rings. The Morgan fingerprint density at radius 2 is 2.17 bits per heavy atom. The fourth-order valence-corrected chi connectivity index (χ4v) is 2.70. The first-order valence-electron chi connectivity index (χ1n) is 6.98. The lowest BCUT2D eigenvalue weighted by Gasteiger charge is -2.30. The second kappa shape index (κ2) is 6.37. The van der Waals surface area contributed by atoms with Crippen LogP contribution in [0.3, 0.4) is 0 Å². The van der Waals surface area contributed by atoms with Crippen molar-refractivity contribution in [2.24, 2.45) is 17.3 Å². The molecule has 3 heteroatoms. The molecule has 1 aliphatic carbocycles. The topological polar surface area (TPSA) is 41.1 Å². The first-order valence-corrected chi connectivity index (χ1v) is 6.98. The van der Waals surface area contributed by atoms with Crippen LogP contribution in [0, 0.1) is 17.3 Å². The summed E-state index contributed by atoms with van der Waals surface area (Å²) < 4.78 is 0. The maximum atomic E-state index is 11.7. The lowest BCUT2D eigenvalue weighted by molar-refractivity contribution is -0.128. The van der Waals surface area contributed by atoms with Gasteiger partial charge in [0.05, 0.1) is 5.41 Å². The van der Waals surface area contributed by atoms with Gasteiger partial charge in [-0.15, -0.1) is 0 Å². The summed E-state index contributed by atoms with van der Waals surface area (Å²) in [4.78, 5) is 11.7. The average molecular weight is 252 g/mol. The number of carbonyl (C=O) groups excluding carboxylic acids is 1. The molecule has 2 N–H and O–H groups in total. The highest BCUT2D eigenvalue weighted by Crippen LogP contribution is 2.29. The van der Waals surface area contributed by atoms with Crippen molar-refractivity contribution in [1.29, 1.82) is 0 Å². The van der Waals surface area contributed by atoms with Crippen LogP contribution in [0.1, 0.15) is 40.5 Å². The van der Waals surface area contributed by atoms with Gasteiger partial charge in [-0.2, -0.15) is 0 Å². The molecule has 0 fully saturated rings. The van der Waals surface area contributed by atoms with Gasteiger partial charge in [0.1, 0.15) is 0 Å². The molecule has 0 saturated heterocycles. The van der Waals surface area contributed by atoms with Crippen molar-refractivity contribution in [2.75, 3.05) is 20.1 Å². The van der Waals surface area contributed by atoms with Gasteiger partial charge in [0.15, 0.2) is 0 Å². The van der Waals surface area contributed by atoms with Crippen molar-refractivity contribution in [3.8, 4) is 0 Å². The molecule has 3 nitrogen and oxygen atoms in total. The summed E-state index contributed by atoms with van der Waals surface area (Å²) in [5.41, 5.74) is 1.16. The summed E-state index contributed by atoms with van der Waals surface area (Å²) in [6.07, 6.45) is 4.85. The van der Waals surface area contributed by atoms with E-state index in [1.165, 1.54) is 18.4 Å². The van der Waals surface area contributed by atoms with Gasteiger partial charge in [0.25, 0.3) is 0 Å². The number of nitrogens with one attached hydrogen (secondary N) is 2. The Labute approximate surface area is 111 Å². The largest absolute Gasteiger partial charge is 0.359 e. The molecule has 0 heterocycles. The molecule has 1 amide bonds. The van der Waals surface area contributed by atoms with Gasteiger partial charge in [-0.3, -0.25) is 4.79 Å². The van der Waals surface area contributed by atoms with Crippen molar-refractivity contribution in [1.82, 2.24) is 10.6 Å². The predicted octanol–water partition coefficient (Wildman–Crippen LogP) is 2.34. The molecule has 2 atom stereocenters. The monoisotopic (exact) mass is 252 g/mol. The molecule has 1 rings (SSSR count). The zero-order valence-corrected chi connectivity index (χ0v) is 12.5. The number of hydrogen-bond donors (Lipinski definition) is 2. The van der Waals surface area contributed by atoms with Gasteiger partial charge in [0.2, 0.25) is 5.91 Å². The summed E-state index contributed by atoms with van der Waals surface area (Å²) in [5.74, 6) is 1.46. The van der Waals surface area contributed by atoms with Gasteiger partial charge < -0.3 is 10.6 Å². The third-order valence-electron chi connectivity index (χ3n) is 4.13. The molecule has 0 aromatic rings. The Hall–Kier alpha value is -0.830. The lowest BCUT2D eigenvalue weighted by Crippen LogP contribution is -2.43. The minimum Gasteiger partial charge on any atom is -0.359 e. The second-order valence-corrected chi connectivity index (χ2v) is 6.20. The SMILES string of the molecule is CNC(=O)C(C)(C)CNC[C@@H]1C(C)=CCC[C@H]1C. The van der Waals surface area contributed by atoms with Crippen molar-refractivity contribution >= 4 is 5.91 Å². The summed E-state index contributed by atoms with van der Waals surface area (Å²) in [6, 6.07) is 0. The van der Waals surface area contributed by atoms with Gasteiger partial charge in [-0.1, -0.05) is 18.6 Å². The highest BCUT2D eigenvalue weighted by atomic mass is 16.2. The van der Waals surface area contributed by atoms with E-state index in [-0.39, 0.29) is 11.3 Å². The van der Waals surface area contributed by atoms with E-state index in [9.17, 15) is 4.79 Å². The Morgan fingerprint density at radius 3 is 2.72 bits per heavy atom. The Kier molecular flexibility index (Phi) is 5.39. The summed E-state index contributed by atoms with van der Waals surface area (Å²) in [6.45, 7) is 10.2. The van der Waals surface area contributed by atoms with Gasteiger partial charge in [-0.25, -0.2) is 0 Å². The molecule has 0 aliphatic heterocycles. The molecule has 0 aromatic carbocycles. The molecular weight excluding hydrogens is 224 g/mol. The van der Waals surface area contributed by atoms with Gasteiger partial charge in [-0.05, 0) is 45.4 Å². The summed E-state index contributed by atoms with van der Waals surface area (Å²) in [5, 5.41) is 6.19. The molecule has 18 heavy (non-hydrogen) atoms. The van der Waals surface area contributed by atoms with Crippen LogP contribution in [0.5, 0.6) is 0 Å². The van der Waals surface area contributed by atoms with E-state index >= 15 is 0 Å². The second-order valence-electron chi connectivity index (χ2n) is 6.20. The smallest absolute Gasteiger partial charge is 0.226 e. The molecular formula is C15H28N2O. The third kappa shape index (κ3) is 3.84. The standard InChI is InChI=1S/C15H28N2O/c1-11-7-6-8-12(2)13(11)9-17-10-15(3,4)14(18)16-5/h7,12-13,17H,6,8-10H2,1-5H3,(H,16,18)/t12-,13-/m1/s1. The molecule has 104 valence electrons. The first-order chi connectivity index (χ1) is 8.38. The zero-order chi connectivity index (χ0) is 13.8. The molecule has 0 unspecified atom stereocenters. The van der Waals surface area contributed by atoms with Crippen LogP contribution >= 0.6 is 0 Å². The molecule has 0 spiro atoms. The Morgan fingerprint density at radius 1 is 1.50 bits per heavy atom. The first kappa shape index (κ1) is 15.2. The highest BCUT2D eigenvalue weighted by molar-refractivity contribution is 5.81. The molecule has 0 radical (unpaired) electrons. The maximum Gasteiger partial charge on any atom is 0.226 e. The molecule has 0 aromatic heterocycles. The summed E-state index contributed by atoms with van der Waals surface area (Å²) in [7, 11) is 1.69. The normalized spacial score (nSPS) is 24.6. The summed E-state index contributed by atoms with van der Waals surface area (Å²) >= 11 is 0. The number of carbonyl (C=O) groups is 1. The van der Waals surface area contributed by atoms with Crippen LogP contribution in [0.2, 0.25) is 0 Å².